The Morgan fingerprint density at radius 3 is 2.77 bits per heavy atom. The first kappa shape index (κ1) is 16.6. The van der Waals surface area contributed by atoms with Gasteiger partial charge in [0.25, 0.3) is 11.5 Å². The van der Waals surface area contributed by atoms with Crippen molar-refractivity contribution < 1.29 is 4.79 Å². The molecule has 3 aromatic rings. The van der Waals surface area contributed by atoms with E-state index in [4.69, 9.17) is 0 Å². The molecule has 1 aliphatic heterocycles. The van der Waals surface area contributed by atoms with E-state index in [1.165, 1.54) is 4.52 Å². The van der Waals surface area contributed by atoms with Gasteiger partial charge in [-0.25, -0.2) is 9.50 Å². The monoisotopic (exact) mass is 354 g/mol. The number of aromatic amines is 1. The highest BCUT2D eigenvalue weighted by Crippen LogP contribution is 2.27. The molecule has 0 aliphatic carbocycles. The van der Waals surface area contributed by atoms with Crippen LogP contribution in [0.15, 0.2) is 29.3 Å². The van der Waals surface area contributed by atoms with Crippen LogP contribution in [0.25, 0.3) is 5.65 Å². The van der Waals surface area contributed by atoms with Gasteiger partial charge in [-0.05, 0) is 26.7 Å². The van der Waals surface area contributed by atoms with Gasteiger partial charge < -0.3 is 4.90 Å². The number of piperidine rings is 1. The van der Waals surface area contributed by atoms with E-state index in [0.29, 0.717) is 24.3 Å². The average molecular weight is 354 g/mol. The second kappa shape index (κ2) is 6.44. The molecule has 26 heavy (non-hydrogen) atoms. The van der Waals surface area contributed by atoms with E-state index < -0.39 is 0 Å². The van der Waals surface area contributed by atoms with Crippen molar-refractivity contribution in [3.05, 3.63) is 51.8 Å². The van der Waals surface area contributed by atoms with E-state index in [-0.39, 0.29) is 17.4 Å². The first-order chi connectivity index (χ1) is 12.5. The highest BCUT2D eigenvalue weighted by Gasteiger charge is 2.26. The van der Waals surface area contributed by atoms with Crippen molar-refractivity contribution >= 4 is 11.6 Å². The molecule has 3 aromatic heterocycles. The topological polar surface area (TPSA) is 88.3 Å². The molecule has 1 aliphatic rings. The van der Waals surface area contributed by atoms with Crippen LogP contribution in [0.5, 0.6) is 0 Å². The maximum absolute atomic E-state index is 12.6. The largest absolute Gasteiger partial charge is 0.339 e. The summed E-state index contributed by atoms with van der Waals surface area (Å²) in [7, 11) is 0. The predicted molar refractivity (Wildman–Crippen MR) is 96.3 cm³/mol. The summed E-state index contributed by atoms with van der Waals surface area (Å²) in [6.07, 6.45) is 5.03. The van der Waals surface area contributed by atoms with E-state index >= 15 is 0 Å². The van der Waals surface area contributed by atoms with E-state index in [0.717, 1.165) is 30.8 Å². The van der Waals surface area contributed by atoms with Crippen LogP contribution >= 0.6 is 0 Å². The molecule has 1 amide bonds. The Bertz CT molecular complexity index is 1010. The summed E-state index contributed by atoms with van der Waals surface area (Å²) in [5.41, 5.74) is 2.91. The number of hydrogen-bond donors (Lipinski definition) is 1. The summed E-state index contributed by atoms with van der Waals surface area (Å²) in [5, 5.41) is 7.16. The SMILES string of the molecule is CCn1cc(C(=O)N2CCC(c3cc(=O)n4[nH]c(C)cc4n3)CC2)cn1. The molecule has 1 N–H and O–H groups in total. The third-order valence-corrected chi connectivity index (χ3v) is 5.00. The zero-order valence-corrected chi connectivity index (χ0v) is 15.0. The highest BCUT2D eigenvalue weighted by molar-refractivity contribution is 5.93. The lowest BCUT2D eigenvalue weighted by atomic mass is 9.93. The first-order valence-corrected chi connectivity index (χ1v) is 8.96. The molecule has 0 aromatic carbocycles. The number of rotatable bonds is 3. The molecular weight excluding hydrogens is 332 g/mol. The zero-order chi connectivity index (χ0) is 18.3. The van der Waals surface area contributed by atoms with Crippen LogP contribution in [0, 0.1) is 6.92 Å². The van der Waals surface area contributed by atoms with Crippen LogP contribution in [0.1, 0.15) is 47.4 Å². The van der Waals surface area contributed by atoms with Crippen molar-refractivity contribution in [2.45, 2.75) is 39.2 Å². The Labute approximate surface area is 150 Å². The van der Waals surface area contributed by atoms with Gasteiger partial charge in [0.15, 0.2) is 5.65 Å². The van der Waals surface area contributed by atoms with E-state index in [1.807, 2.05) is 24.8 Å². The van der Waals surface area contributed by atoms with Gasteiger partial charge in [0, 0.05) is 49.6 Å². The standard InChI is InChI=1S/C18H22N6O2/c1-3-23-11-14(10-19-23)18(26)22-6-4-13(5-7-22)15-9-17(25)24-16(20-15)8-12(2)21-24/h8-11,13,21H,3-7H2,1-2H3. The van der Waals surface area contributed by atoms with Crippen molar-refractivity contribution in [3.63, 3.8) is 0 Å². The number of carbonyl (C=O) groups excluding carboxylic acids is 1. The maximum Gasteiger partial charge on any atom is 0.272 e. The van der Waals surface area contributed by atoms with Crippen LogP contribution in [0.3, 0.4) is 0 Å². The average Bonchev–Trinajstić information content (AvgIpc) is 3.27. The maximum atomic E-state index is 12.6. The van der Waals surface area contributed by atoms with E-state index in [2.05, 4.69) is 15.2 Å². The molecule has 8 heteroatoms. The predicted octanol–water partition coefficient (Wildman–Crippen LogP) is 1.57. The van der Waals surface area contributed by atoms with Gasteiger partial charge >= 0.3 is 0 Å². The van der Waals surface area contributed by atoms with Crippen LogP contribution in [0.4, 0.5) is 0 Å². The summed E-state index contributed by atoms with van der Waals surface area (Å²) in [6, 6.07) is 3.48. The normalized spacial score (nSPS) is 15.7. The molecule has 4 rings (SSSR count). The quantitative estimate of drug-likeness (QED) is 0.773. The number of nitrogens with one attached hydrogen (secondary N) is 1. The Morgan fingerprint density at radius 1 is 1.31 bits per heavy atom. The van der Waals surface area contributed by atoms with Crippen molar-refractivity contribution in [3.8, 4) is 0 Å². The lowest BCUT2D eigenvalue weighted by molar-refractivity contribution is 0.0712. The molecule has 0 atom stereocenters. The van der Waals surface area contributed by atoms with Crippen molar-refractivity contribution in [1.29, 1.82) is 0 Å². The number of amides is 1. The van der Waals surface area contributed by atoms with Gasteiger partial charge in [-0.15, -0.1) is 0 Å². The van der Waals surface area contributed by atoms with Crippen LogP contribution < -0.4 is 5.56 Å². The summed E-state index contributed by atoms with van der Waals surface area (Å²) in [5.74, 6) is 0.221. The number of aromatic nitrogens is 5. The van der Waals surface area contributed by atoms with Gasteiger partial charge in [-0.1, -0.05) is 0 Å². The third-order valence-electron chi connectivity index (χ3n) is 5.00. The number of carbonyl (C=O) groups is 1. The van der Waals surface area contributed by atoms with Crippen molar-refractivity contribution in [2.75, 3.05) is 13.1 Å². The van der Waals surface area contributed by atoms with Gasteiger partial charge in [0.1, 0.15) is 0 Å². The summed E-state index contributed by atoms with van der Waals surface area (Å²) in [4.78, 5) is 31.4. The van der Waals surface area contributed by atoms with Gasteiger partial charge in [0.2, 0.25) is 0 Å². The van der Waals surface area contributed by atoms with E-state index in [1.54, 1.807) is 23.1 Å². The summed E-state index contributed by atoms with van der Waals surface area (Å²) >= 11 is 0. The number of hydrogen-bond acceptors (Lipinski definition) is 4. The van der Waals surface area contributed by atoms with Gasteiger partial charge in [-0.3, -0.25) is 19.4 Å². The molecule has 1 fully saturated rings. The van der Waals surface area contributed by atoms with Crippen molar-refractivity contribution in [2.24, 2.45) is 0 Å². The molecule has 136 valence electrons. The molecule has 0 spiro atoms. The minimum Gasteiger partial charge on any atom is -0.339 e. The molecular formula is C18H22N6O2. The minimum absolute atomic E-state index is 0.0212. The van der Waals surface area contributed by atoms with Crippen molar-refractivity contribution in [1.82, 2.24) is 29.3 Å². The summed E-state index contributed by atoms with van der Waals surface area (Å²) in [6.45, 7) is 5.96. The second-order valence-corrected chi connectivity index (χ2v) is 6.80. The molecule has 0 bridgehead atoms. The van der Waals surface area contributed by atoms with Gasteiger partial charge in [0.05, 0.1) is 17.5 Å². The minimum atomic E-state index is -0.0939. The van der Waals surface area contributed by atoms with Gasteiger partial charge in [-0.2, -0.15) is 5.10 Å². The Hall–Kier alpha value is -2.90. The Balaban J connectivity index is 1.48. The van der Waals surface area contributed by atoms with Crippen LogP contribution in [0.2, 0.25) is 0 Å². The number of aryl methyl sites for hydroxylation is 2. The number of H-pyrrole nitrogens is 1. The lowest BCUT2D eigenvalue weighted by Crippen LogP contribution is -2.38. The Morgan fingerprint density at radius 2 is 2.08 bits per heavy atom. The number of fused-ring (bicyclic) bond motifs is 1. The zero-order valence-electron chi connectivity index (χ0n) is 15.0. The summed E-state index contributed by atoms with van der Waals surface area (Å²) < 4.78 is 3.22. The third kappa shape index (κ3) is 2.91. The molecule has 8 nitrogen and oxygen atoms in total. The number of nitrogens with zero attached hydrogens (tertiary/aromatic N) is 5. The first-order valence-electron chi connectivity index (χ1n) is 8.96. The molecule has 4 heterocycles. The van der Waals surface area contributed by atoms with E-state index in [9.17, 15) is 9.59 Å². The molecule has 0 saturated carbocycles. The highest BCUT2D eigenvalue weighted by atomic mass is 16.2. The molecule has 0 radical (unpaired) electrons. The van der Waals surface area contributed by atoms with Crippen LogP contribution in [-0.2, 0) is 6.54 Å². The fourth-order valence-corrected chi connectivity index (χ4v) is 3.55. The number of likely N-dealkylation sites (tertiary alicyclic amines) is 1. The lowest BCUT2D eigenvalue weighted by Gasteiger charge is -2.31. The van der Waals surface area contributed by atoms with Crippen LogP contribution in [-0.4, -0.2) is 48.3 Å². The molecule has 1 saturated heterocycles. The second-order valence-electron chi connectivity index (χ2n) is 6.80. The Kier molecular flexibility index (Phi) is 4.10. The fourth-order valence-electron chi connectivity index (χ4n) is 3.55. The smallest absolute Gasteiger partial charge is 0.272 e. The molecule has 0 unspecified atom stereocenters. The fraction of sp³-hybridized carbons (Fsp3) is 0.444.